The van der Waals surface area contributed by atoms with Gasteiger partial charge in [0.1, 0.15) is 23.2 Å². The molecule has 2 N–H and O–H groups in total. The number of benzene rings is 1. The van der Waals surface area contributed by atoms with Crippen LogP contribution in [0.4, 0.5) is 20.3 Å². The van der Waals surface area contributed by atoms with Crippen LogP contribution in [0.5, 0.6) is 5.75 Å². The highest BCUT2D eigenvalue weighted by molar-refractivity contribution is 6.38. The van der Waals surface area contributed by atoms with E-state index in [4.69, 9.17) is 34.2 Å². The number of nitrogens with zero attached hydrogens (tertiary/aromatic N) is 5. The van der Waals surface area contributed by atoms with Gasteiger partial charge in [0.05, 0.1) is 16.4 Å². The molecule has 0 bridgehead atoms. The summed E-state index contributed by atoms with van der Waals surface area (Å²) in [5, 5.41) is 13.1. The molecule has 11 heteroatoms. The van der Waals surface area contributed by atoms with E-state index in [1.54, 1.807) is 19.0 Å². The second-order valence-electron chi connectivity index (χ2n) is 4.93. The van der Waals surface area contributed by atoms with E-state index >= 15 is 0 Å². The lowest BCUT2D eigenvalue weighted by atomic mass is 10.3. The van der Waals surface area contributed by atoms with Crippen LogP contribution in [0.25, 0.3) is 5.69 Å². The molecule has 132 valence electrons. The molecular weight excluding hydrogens is 377 g/mol. The van der Waals surface area contributed by atoms with Gasteiger partial charge in [0, 0.05) is 26.2 Å². The molecule has 0 atom stereocenters. The fraction of sp³-hybridized carbons (Fsp3) is 0.214. The van der Waals surface area contributed by atoms with Crippen molar-refractivity contribution in [3.8, 4) is 17.5 Å². The first kappa shape index (κ1) is 18.8. The number of anilines is 1. The molecule has 1 heterocycles. The fourth-order valence-electron chi connectivity index (χ4n) is 1.87. The Morgan fingerprint density at radius 2 is 2.00 bits per heavy atom. The van der Waals surface area contributed by atoms with Crippen LogP contribution in [-0.2, 0) is 0 Å². The quantitative estimate of drug-likeness (QED) is 0.625. The predicted molar refractivity (Wildman–Crippen MR) is 91.2 cm³/mol. The molecule has 1 aromatic heterocycles. The van der Waals surface area contributed by atoms with Crippen molar-refractivity contribution in [3.63, 3.8) is 0 Å². The molecular formula is C14H12Cl2F2N6O. The molecule has 0 saturated heterocycles. The van der Waals surface area contributed by atoms with E-state index in [9.17, 15) is 8.78 Å². The maximum absolute atomic E-state index is 12.3. The predicted octanol–water partition coefficient (Wildman–Crippen LogP) is 3.46. The largest absolute Gasteiger partial charge is 0.435 e. The Labute approximate surface area is 151 Å². The van der Waals surface area contributed by atoms with Gasteiger partial charge in [-0.2, -0.15) is 19.1 Å². The number of nitriles is 1. The van der Waals surface area contributed by atoms with Gasteiger partial charge in [0.25, 0.3) is 0 Å². The summed E-state index contributed by atoms with van der Waals surface area (Å²) in [6.07, 6.45) is 1.45. The third kappa shape index (κ3) is 4.10. The zero-order valence-corrected chi connectivity index (χ0v) is 14.6. The Morgan fingerprint density at radius 1 is 1.40 bits per heavy atom. The highest BCUT2D eigenvalue weighted by Crippen LogP contribution is 2.38. The van der Waals surface area contributed by atoms with E-state index in [1.165, 1.54) is 11.0 Å². The van der Waals surface area contributed by atoms with Crippen molar-refractivity contribution in [2.24, 2.45) is 4.99 Å². The zero-order valence-electron chi connectivity index (χ0n) is 13.0. The first-order chi connectivity index (χ1) is 11.7. The Bertz CT molecular complexity index is 837. The van der Waals surface area contributed by atoms with Crippen molar-refractivity contribution >= 4 is 41.0 Å². The van der Waals surface area contributed by atoms with Gasteiger partial charge < -0.3 is 15.4 Å². The molecule has 0 aliphatic heterocycles. The second kappa shape index (κ2) is 7.55. The zero-order chi connectivity index (χ0) is 18.7. The highest BCUT2D eigenvalue weighted by Gasteiger charge is 2.21. The minimum absolute atomic E-state index is 0.0284. The van der Waals surface area contributed by atoms with Crippen molar-refractivity contribution < 1.29 is 13.5 Å². The number of rotatable bonds is 5. The third-order valence-corrected chi connectivity index (χ3v) is 3.42. The van der Waals surface area contributed by atoms with E-state index in [0.29, 0.717) is 0 Å². The molecule has 0 fully saturated rings. The van der Waals surface area contributed by atoms with Gasteiger partial charge >= 0.3 is 6.61 Å². The molecule has 0 spiro atoms. The molecule has 7 nitrogen and oxygen atoms in total. The summed E-state index contributed by atoms with van der Waals surface area (Å²) in [4.78, 5) is 5.80. The van der Waals surface area contributed by atoms with E-state index in [-0.39, 0.29) is 38.7 Å². The number of aliphatic imine (C=N–C) groups is 1. The minimum atomic E-state index is -3.02. The minimum Gasteiger partial charge on any atom is -0.435 e. The van der Waals surface area contributed by atoms with Crippen LogP contribution in [0.15, 0.2) is 17.1 Å². The highest BCUT2D eigenvalue weighted by atomic mass is 35.5. The van der Waals surface area contributed by atoms with Crippen LogP contribution in [0.1, 0.15) is 5.69 Å². The lowest BCUT2D eigenvalue weighted by Gasteiger charge is -2.12. The maximum atomic E-state index is 12.3. The molecule has 2 aromatic rings. The molecule has 0 radical (unpaired) electrons. The number of alkyl halides is 2. The topological polar surface area (TPSA) is 92.5 Å². The summed E-state index contributed by atoms with van der Waals surface area (Å²) in [6.45, 7) is -3.02. The first-order valence-electron chi connectivity index (χ1n) is 6.68. The maximum Gasteiger partial charge on any atom is 0.387 e. The molecule has 0 amide bonds. The fourth-order valence-corrected chi connectivity index (χ4v) is 2.50. The SMILES string of the molecule is CN(C)C=Nc1c(N)c(C#N)nn1-c1c(Cl)cc(OC(F)F)cc1Cl. The van der Waals surface area contributed by atoms with E-state index in [2.05, 4.69) is 14.8 Å². The standard InChI is InChI=1S/C14H12Cl2F2N6O/c1-23(2)6-21-13-11(20)10(5-19)22-24(13)12-8(15)3-7(4-9(12)16)25-14(17)18/h3-4,6,14H,20H2,1-2H3. The van der Waals surface area contributed by atoms with Gasteiger partial charge in [-0.05, 0) is 0 Å². The number of hydrogen-bond donors (Lipinski definition) is 1. The summed E-state index contributed by atoms with van der Waals surface area (Å²) < 4.78 is 30.1. The Morgan fingerprint density at radius 3 is 2.48 bits per heavy atom. The smallest absolute Gasteiger partial charge is 0.387 e. The van der Waals surface area contributed by atoms with Crippen LogP contribution in [0.3, 0.4) is 0 Å². The molecule has 0 unspecified atom stereocenters. The van der Waals surface area contributed by atoms with Crippen molar-refractivity contribution in [2.45, 2.75) is 6.61 Å². The third-order valence-electron chi connectivity index (χ3n) is 2.84. The average Bonchev–Trinajstić information content (AvgIpc) is 2.79. The monoisotopic (exact) mass is 388 g/mol. The first-order valence-corrected chi connectivity index (χ1v) is 7.43. The number of hydrogen-bond acceptors (Lipinski definition) is 5. The lowest BCUT2D eigenvalue weighted by Crippen LogP contribution is -2.08. The van der Waals surface area contributed by atoms with Crippen molar-refractivity contribution in [3.05, 3.63) is 27.9 Å². The van der Waals surface area contributed by atoms with Crippen LogP contribution >= 0.6 is 23.2 Å². The Balaban J connectivity index is 2.64. The normalized spacial score (nSPS) is 11.1. The Hall–Kier alpha value is -2.57. The molecule has 0 aliphatic carbocycles. The van der Waals surface area contributed by atoms with Crippen LogP contribution in [0.2, 0.25) is 10.0 Å². The van der Waals surface area contributed by atoms with Gasteiger partial charge in [0.2, 0.25) is 0 Å². The van der Waals surface area contributed by atoms with Crippen molar-refractivity contribution in [2.75, 3.05) is 19.8 Å². The summed E-state index contributed by atoms with van der Waals surface area (Å²) in [5.41, 5.74) is 5.97. The second-order valence-corrected chi connectivity index (χ2v) is 5.75. The average molecular weight is 389 g/mol. The van der Waals surface area contributed by atoms with Gasteiger partial charge in [-0.1, -0.05) is 23.2 Å². The lowest BCUT2D eigenvalue weighted by molar-refractivity contribution is -0.0498. The Kier molecular flexibility index (Phi) is 5.66. The number of nitrogen functional groups attached to an aromatic ring is 1. The molecule has 1 aromatic carbocycles. The van der Waals surface area contributed by atoms with Gasteiger partial charge in [0.15, 0.2) is 11.5 Å². The van der Waals surface area contributed by atoms with Crippen LogP contribution in [0, 0.1) is 11.3 Å². The van der Waals surface area contributed by atoms with Gasteiger partial charge in [-0.15, -0.1) is 0 Å². The number of nitrogens with two attached hydrogens (primary N) is 1. The summed E-state index contributed by atoms with van der Waals surface area (Å²) in [5.74, 6) is -0.0932. The summed E-state index contributed by atoms with van der Waals surface area (Å²) in [7, 11) is 3.48. The molecule has 0 saturated carbocycles. The van der Waals surface area contributed by atoms with E-state index in [0.717, 1.165) is 12.1 Å². The van der Waals surface area contributed by atoms with Crippen LogP contribution in [-0.4, -0.2) is 41.7 Å². The van der Waals surface area contributed by atoms with E-state index in [1.807, 2.05) is 6.07 Å². The molecule has 25 heavy (non-hydrogen) atoms. The van der Waals surface area contributed by atoms with Gasteiger partial charge in [-0.25, -0.2) is 9.67 Å². The number of aromatic nitrogens is 2. The van der Waals surface area contributed by atoms with E-state index < -0.39 is 6.61 Å². The number of halogens is 4. The molecule has 0 aliphatic rings. The van der Waals surface area contributed by atoms with Crippen LogP contribution < -0.4 is 10.5 Å². The number of ether oxygens (including phenoxy) is 1. The van der Waals surface area contributed by atoms with Gasteiger partial charge in [-0.3, -0.25) is 0 Å². The van der Waals surface area contributed by atoms with Crippen molar-refractivity contribution in [1.29, 1.82) is 5.26 Å². The van der Waals surface area contributed by atoms with Crippen molar-refractivity contribution in [1.82, 2.24) is 14.7 Å². The summed E-state index contributed by atoms with van der Waals surface area (Å²) >= 11 is 12.3. The molecule has 2 rings (SSSR count). The summed E-state index contributed by atoms with van der Waals surface area (Å²) in [6, 6.07) is 4.14.